The molecule has 5 nitrogen and oxygen atoms in total. The van der Waals surface area contributed by atoms with Gasteiger partial charge in [-0.25, -0.2) is 4.79 Å². The molecule has 1 aromatic rings. The summed E-state index contributed by atoms with van der Waals surface area (Å²) in [5.41, 5.74) is 0.230. The van der Waals surface area contributed by atoms with Crippen molar-refractivity contribution < 1.29 is 24.5 Å². The molecule has 0 aromatic heterocycles. The Kier molecular flexibility index (Phi) is 4.77. The summed E-state index contributed by atoms with van der Waals surface area (Å²) in [6, 6.07) is 2.94. The quantitative estimate of drug-likeness (QED) is 0.870. The van der Waals surface area contributed by atoms with Crippen molar-refractivity contribution in [2.24, 2.45) is 0 Å². The molecular weight excluding hydrogens is 292 g/mol. The molecule has 1 rings (SSSR count). The molecule has 0 saturated carbocycles. The Hall–Kier alpha value is -1.27. The summed E-state index contributed by atoms with van der Waals surface area (Å²) in [5.74, 6) is -0.461. The van der Waals surface area contributed by atoms with E-state index in [9.17, 15) is 9.90 Å². The monoisotopic (exact) mass is 304 g/mol. The molecule has 0 saturated heterocycles. The first-order chi connectivity index (χ1) is 8.01. The summed E-state index contributed by atoms with van der Waals surface area (Å²) in [4.78, 5) is 10.7. The zero-order chi connectivity index (χ0) is 13.0. The van der Waals surface area contributed by atoms with Gasteiger partial charge in [0.2, 0.25) is 0 Å². The molecule has 0 bridgehead atoms. The highest BCUT2D eigenvalue weighted by Gasteiger charge is 2.20. The van der Waals surface area contributed by atoms with E-state index >= 15 is 0 Å². The van der Waals surface area contributed by atoms with Gasteiger partial charge >= 0.3 is 5.97 Å². The molecule has 2 N–H and O–H groups in total. The van der Waals surface area contributed by atoms with Gasteiger partial charge in [0, 0.05) is 0 Å². The third kappa shape index (κ3) is 3.10. The minimum atomic E-state index is -1.59. The Balaban J connectivity index is 3.23. The zero-order valence-electron chi connectivity index (χ0n) is 9.44. The van der Waals surface area contributed by atoms with E-state index in [4.69, 9.17) is 14.6 Å². The standard InChI is InChI=1S/C11H13BrO5/c1-3-17-8-5-6(9(13)11(14)15)4-7(12)10(8)16-2/h4-5,9,13H,3H2,1-2H3,(H,14,15). The number of carboxylic acids is 1. The molecule has 6 heteroatoms. The molecule has 1 unspecified atom stereocenters. The van der Waals surface area contributed by atoms with Gasteiger partial charge in [-0.15, -0.1) is 0 Å². The summed E-state index contributed by atoms with van der Waals surface area (Å²) < 4.78 is 11.0. The van der Waals surface area contributed by atoms with Crippen LogP contribution in [0.2, 0.25) is 0 Å². The highest BCUT2D eigenvalue weighted by atomic mass is 79.9. The van der Waals surface area contributed by atoms with Crippen molar-refractivity contribution in [3.8, 4) is 11.5 Å². The molecule has 1 aromatic carbocycles. The second-order valence-corrected chi connectivity index (χ2v) is 4.06. The fourth-order valence-corrected chi connectivity index (χ4v) is 1.97. The summed E-state index contributed by atoms with van der Waals surface area (Å²) in [7, 11) is 1.48. The summed E-state index contributed by atoms with van der Waals surface area (Å²) in [6.07, 6.45) is -1.59. The van der Waals surface area contributed by atoms with Gasteiger partial charge in [-0.2, -0.15) is 0 Å². The Morgan fingerprint density at radius 1 is 1.53 bits per heavy atom. The zero-order valence-corrected chi connectivity index (χ0v) is 11.0. The number of hydrogen-bond acceptors (Lipinski definition) is 4. The first kappa shape index (κ1) is 13.8. The van der Waals surface area contributed by atoms with E-state index in [-0.39, 0.29) is 5.56 Å². The Bertz CT molecular complexity index is 419. The third-order valence-corrected chi connectivity index (χ3v) is 2.67. The fourth-order valence-electron chi connectivity index (χ4n) is 1.35. The van der Waals surface area contributed by atoms with Crippen LogP contribution in [0.1, 0.15) is 18.6 Å². The van der Waals surface area contributed by atoms with Crippen LogP contribution < -0.4 is 9.47 Å². The van der Waals surface area contributed by atoms with Crippen molar-refractivity contribution in [2.45, 2.75) is 13.0 Å². The van der Waals surface area contributed by atoms with Gasteiger partial charge in [0.15, 0.2) is 17.6 Å². The molecule has 94 valence electrons. The van der Waals surface area contributed by atoms with Crippen LogP contribution in [0.25, 0.3) is 0 Å². The Labute approximate surface area is 107 Å². The SMILES string of the molecule is CCOc1cc(C(O)C(=O)O)cc(Br)c1OC. The van der Waals surface area contributed by atoms with Crippen LogP contribution in [0.4, 0.5) is 0 Å². The number of aliphatic carboxylic acids is 1. The van der Waals surface area contributed by atoms with E-state index in [1.54, 1.807) is 6.92 Å². The summed E-state index contributed by atoms with van der Waals surface area (Å²) in [5, 5.41) is 18.2. The average Bonchev–Trinajstić information content (AvgIpc) is 2.28. The van der Waals surface area contributed by atoms with E-state index in [0.29, 0.717) is 22.6 Å². The van der Waals surface area contributed by atoms with E-state index in [2.05, 4.69) is 15.9 Å². The second kappa shape index (κ2) is 5.88. The molecular formula is C11H13BrO5. The number of benzene rings is 1. The van der Waals surface area contributed by atoms with Crippen molar-refractivity contribution in [1.29, 1.82) is 0 Å². The maximum Gasteiger partial charge on any atom is 0.337 e. The fraction of sp³-hybridized carbons (Fsp3) is 0.364. The van der Waals surface area contributed by atoms with E-state index in [1.807, 2.05) is 0 Å². The Morgan fingerprint density at radius 2 is 2.18 bits per heavy atom. The lowest BCUT2D eigenvalue weighted by molar-refractivity contribution is -0.146. The van der Waals surface area contributed by atoms with Gasteiger partial charge in [-0.3, -0.25) is 0 Å². The van der Waals surface area contributed by atoms with Crippen molar-refractivity contribution in [2.75, 3.05) is 13.7 Å². The number of carboxylic acid groups (broad SMARTS) is 1. The molecule has 0 aliphatic carbocycles. The van der Waals surface area contributed by atoms with Crippen molar-refractivity contribution in [3.05, 3.63) is 22.2 Å². The molecule has 17 heavy (non-hydrogen) atoms. The number of aliphatic hydroxyl groups is 1. The predicted octanol–water partition coefficient (Wildman–Crippen LogP) is 1.97. The molecule has 1 atom stereocenters. The Morgan fingerprint density at radius 3 is 2.65 bits per heavy atom. The lowest BCUT2D eigenvalue weighted by atomic mass is 10.1. The smallest absolute Gasteiger partial charge is 0.337 e. The third-order valence-electron chi connectivity index (χ3n) is 2.09. The predicted molar refractivity (Wildman–Crippen MR) is 64.5 cm³/mol. The van der Waals surface area contributed by atoms with Crippen LogP contribution >= 0.6 is 15.9 Å². The molecule has 0 amide bonds. The van der Waals surface area contributed by atoms with Gasteiger partial charge in [0.1, 0.15) is 0 Å². The molecule has 0 heterocycles. The second-order valence-electron chi connectivity index (χ2n) is 3.21. The van der Waals surface area contributed by atoms with Crippen LogP contribution in [-0.2, 0) is 4.79 Å². The molecule has 0 aliphatic heterocycles. The van der Waals surface area contributed by atoms with Crippen molar-refractivity contribution in [1.82, 2.24) is 0 Å². The number of rotatable bonds is 5. The van der Waals surface area contributed by atoms with Crippen LogP contribution in [-0.4, -0.2) is 29.9 Å². The molecule has 0 radical (unpaired) electrons. The molecule has 0 aliphatic rings. The highest BCUT2D eigenvalue weighted by Crippen LogP contribution is 2.38. The van der Waals surface area contributed by atoms with Gasteiger partial charge < -0.3 is 19.7 Å². The molecule has 0 spiro atoms. The van der Waals surface area contributed by atoms with E-state index < -0.39 is 12.1 Å². The number of methoxy groups -OCH3 is 1. The van der Waals surface area contributed by atoms with Crippen LogP contribution in [0.15, 0.2) is 16.6 Å². The minimum absolute atomic E-state index is 0.230. The summed E-state index contributed by atoms with van der Waals surface area (Å²) >= 11 is 3.24. The van der Waals surface area contributed by atoms with Crippen LogP contribution in [0.5, 0.6) is 11.5 Å². The first-order valence-corrected chi connectivity index (χ1v) is 5.71. The highest BCUT2D eigenvalue weighted by molar-refractivity contribution is 9.10. The largest absolute Gasteiger partial charge is 0.492 e. The van der Waals surface area contributed by atoms with Crippen LogP contribution in [0, 0.1) is 0 Å². The average molecular weight is 305 g/mol. The number of hydrogen-bond donors (Lipinski definition) is 2. The van der Waals surface area contributed by atoms with Crippen LogP contribution in [0.3, 0.4) is 0 Å². The van der Waals surface area contributed by atoms with E-state index in [0.717, 1.165) is 0 Å². The number of aliphatic hydroxyl groups excluding tert-OH is 1. The topological polar surface area (TPSA) is 76.0 Å². The van der Waals surface area contributed by atoms with E-state index in [1.165, 1.54) is 19.2 Å². The lowest BCUT2D eigenvalue weighted by Gasteiger charge is -2.14. The van der Waals surface area contributed by atoms with Crippen molar-refractivity contribution in [3.63, 3.8) is 0 Å². The number of carbonyl (C=O) groups is 1. The van der Waals surface area contributed by atoms with Gasteiger partial charge in [-0.05, 0) is 40.5 Å². The van der Waals surface area contributed by atoms with Gasteiger partial charge in [0.25, 0.3) is 0 Å². The molecule has 0 fully saturated rings. The van der Waals surface area contributed by atoms with Gasteiger partial charge in [0.05, 0.1) is 18.2 Å². The maximum absolute atomic E-state index is 10.7. The van der Waals surface area contributed by atoms with Gasteiger partial charge in [-0.1, -0.05) is 0 Å². The first-order valence-electron chi connectivity index (χ1n) is 4.92. The van der Waals surface area contributed by atoms with Crippen molar-refractivity contribution >= 4 is 21.9 Å². The minimum Gasteiger partial charge on any atom is -0.492 e. The number of ether oxygens (including phenoxy) is 2. The number of halogens is 1. The summed E-state index contributed by atoms with van der Waals surface area (Å²) in [6.45, 7) is 2.21. The lowest BCUT2D eigenvalue weighted by Crippen LogP contribution is -2.11. The maximum atomic E-state index is 10.7. The normalized spacial score (nSPS) is 12.0.